The second-order valence-electron chi connectivity index (χ2n) is 5.13. The molecule has 2 N–H and O–H groups in total. The molecule has 2 rings (SSSR count). The molecule has 0 aromatic carbocycles. The van der Waals surface area contributed by atoms with Gasteiger partial charge in [0.25, 0.3) is 0 Å². The molecule has 0 spiro atoms. The summed E-state index contributed by atoms with van der Waals surface area (Å²) in [6.45, 7) is 2.67. The van der Waals surface area contributed by atoms with Crippen LogP contribution >= 0.6 is 11.8 Å². The molecule has 2 fully saturated rings. The predicted octanol–water partition coefficient (Wildman–Crippen LogP) is 0.473. The number of hydrogen-bond acceptors (Lipinski definition) is 5. The van der Waals surface area contributed by atoms with Gasteiger partial charge >= 0.3 is 0 Å². The summed E-state index contributed by atoms with van der Waals surface area (Å²) in [5, 5.41) is 0. The number of ether oxygens (including phenoxy) is 2. The van der Waals surface area contributed by atoms with Crippen LogP contribution < -0.4 is 5.73 Å². The van der Waals surface area contributed by atoms with Crippen molar-refractivity contribution in [1.29, 1.82) is 0 Å². The van der Waals surface area contributed by atoms with Crippen molar-refractivity contribution in [2.24, 2.45) is 5.73 Å². The van der Waals surface area contributed by atoms with E-state index in [0.717, 1.165) is 31.6 Å². The molecule has 0 aromatic heterocycles. The summed E-state index contributed by atoms with van der Waals surface area (Å²) in [7, 11) is 0. The van der Waals surface area contributed by atoms with Crippen LogP contribution in [0, 0.1) is 0 Å². The van der Waals surface area contributed by atoms with Gasteiger partial charge in [-0.05, 0) is 31.3 Å². The van der Waals surface area contributed by atoms with Crippen LogP contribution in [0.3, 0.4) is 0 Å². The number of thioether (sulfide) groups is 1. The SMILES string of the molecule is CSCC[C@H](N)C(=O)N1CCO[C@H]([C@H]2CCCO2)C1. The summed E-state index contributed by atoms with van der Waals surface area (Å²) in [5.74, 6) is 0.979. The fourth-order valence-electron chi connectivity index (χ4n) is 2.60. The van der Waals surface area contributed by atoms with Crippen LogP contribution in [0.15, 0.2) is 0 Å². The molecule has 110 valence electrons. The molecule has 0 radical (unpaired) electrons. The van der Waals surface area contributed by atoms with Gasteiger partial charge in [0, 0.05) is 19.7 Å². The minimum Gasteiger partial charge on any atom is -0.375 e. The molecule has 5 nitrogen and oxygen atoms in total. The second kappa shape index (κ2) is 7.47. The smallest absolute Gasteiger partial charge is 0.239 e. The van der Waals surface area contributed by atoms with Crippen LogP contribution in [-0.4, -0.2) is 67.4 Å². The molecule has 2 saturated heterocycles. The van der Waals surface area contributed by atoms with Crippen molar-refractivity contribution < 1.29 is 14.3 Å². The Kier molecular flexibility index (Phi) is 5.94. The van der Waals surface area contributed by atoms with E-state index in [-0.39, 0.29) is 24.2 Å². The molecule has 0 aliphatic carbocycles. The highest BCUT2D eigenvalue weighted by atomic mass is 32.2. The van der Waals surface area contributed by atoms with E-state index in [0.29, 0.717) is 19.7 Å². The number of nitrogens with two attached hydrogens (primary N) is 1. The molecule has 1 amide bonds. The molecular formula is C13H24N2O3S. The lowest BCUT2D eigenvalue weighted by atomic mass is 10.1. The summed E-state index contributed by atoms with van der Waals surface area (Å²) in [5.41, 5.74) is 5.96. The minimum absolute atomic E-state index is 0.0213. The highest BCUT2D eigenvalue weighted by molar-refractivity contribution is 7.98. The third-order valence-corrected chi connectivity index (χ3v) is 4.38. The van der Waals surface area contributed by atoms with Gasteiger partial charge in [0.15, 0.2) is 0 Å². The number of morpholine rings is 1. The van der Waals surface area contributed by atoms with Crippen molar-refractivity contribution in [3.63, 3.8) is 0 Å². The minimum atomic E-state index is -0.379. The van der Waals surface area contributed by atoms with Crippen molar-refractivity contribution in [1.82, 2.24) is 4.90 Å². The van der Waals surface area contributed by atoms with Crippen LogP contribution in [0.5, 0.6) is 0 Å². The lowest BCUT2D eigenvalue weighted by molar-refractivity contribution is -0.146. The van der Waals surface area contributed by atoms with Crippen LogP contribution in [0.1, 0.15) is 19.3 Å². The zero-order valence-electron chi connectivity index (χ0n) is 11.5. The second-order valence-corrected chi connectivity index (χ2v) is 6.12. The zero-order valence-corrected chi connectivity index (χ0v) is 12.4. The Morgan fingerprint density at radius 1 is 1.42 bits per heavy atom. The first-order valence-electron chi connectivity index (χ1n) is 6.99. The highest BCUT2D eigenvalue weighted by Crippen LogP contribution is 2.21. The van der Waals surface area contributed by atoms with Gasteiger partial charge in [-0.3, -0.25) is 4.79 Å². The number of carbonyl (C=O) groups is 1. The Balaban J connectivity index is 1.83. The average molecular weight is 288 g/mol. The summed E-state index contributed by atoms with van der Waals surface area (Å²) in [6, 6.07) is -0.379. The van der Waals surface area contributed by atoms with Gasteiger partial charge < -0.3 is 20.1 Å². The number of nitrogens with zero attached hydrogens (tertiary/aromatic N) is 1. The van der Waals surface area contributed by atoms with Crippen LogP contribution in [0.2, 0.25) is 0 Å². The maximum absolute atomic E-state index is 12.3. The molecular weight excluding hydrogens is 264 g/mol. The van der Waals surface area contributed by atoms with Crippen LogP contribution in [-0.2, 0) is 14.3 Å². The lowest BCUT2D eigenvalue weighted by Crippen LogP contribution is -2.54. The largest absolute Gasteiger partial charge is 0.375 e. The molecule has 0 aromatic rings. The molecule has 6 heteroatoms. The van der Waals surface area contributed by atoms with Gasteiger partial charge in [-0.15, -0.1) is 0 Å². The molecule has 19 heavy (non-hydrogen) atoms. The van der Waals surface area contributed by atoms with E-state index in [1.54, 1.807) is 11.8 Å². The van der Waals surface area contributed by atoms with Gasteiger partial charge in [-0.25, -0.2) is 0 Å². The van der Waals surface area contributed by atoms with E-state index in [1.165, 1.54) is 0 Å². The zero-order chi connectivity index (χ0) is 13.7. The highest BCUT2D eigenvalue weighted by Gasteiger charge is 2.33. The number of rotatable bonds is 5. The van der Waals surface area contributed by atoms with E-state index < -0.39 is 0 Å². The Morgan fingerprint density at radius 3 is 2.89 bits per heavy atom. The Hall–Kier alpha value is -0.300. The van der Waals surface area contributed by atoms with Gasteiger partial charge in [0.05, 0.1) is 18.8 Å². The summed E-state index contributed by atoms with van der Waals surface area (Å²) in [6.07, 6.45) is 5.06. The Morgan fingerprint density at radius 2 is 2.21 bits per heavy atom. The molecule has 0 unspecified atom stereocenters. The first-order chi connectivity index (χ1) is 9.22. The molecule has 0 bridgehead atoms. The number of hydrogen-bond donors (Lipinski definition) is 1. The number of amides is 1. The maximum Gasteiger partial charge on any atom is 0.239 e. The number of carbonyl (C=O) groups excluding carboxylic acids is 1. The molecule has 0 saturated carbocycles. The summed E-state index contributed by atoms with van der Waals surface area (Å²) < 4.78 is 11.4. The van der Waals surface area contributed by atoms with Gasteiger partial charge in [0.1, 0.15) is 6.10 Å². The Labute approximate surface area is 119 Å². The van der Waals surface area contributed by atoms with E-state index in [2.05, 4.69) is 0 Å². The van der Waals surface area contributed by atoms with Gasteiger partial charge in [0.2, 0.25) is 5.91 Å². The third kappa shape index (κ3) is 4.08. The molecule has 3 atom stereocenters. The van der Waals surface area contributed by atoms with Crippen molar-refractivity contribution in [3.05, 3.63) is 0 Å². The van der Waals surface area contributed by atoms with Crippen LogP contribution in [0.4, 0.5) is 0 Å². The van der Waals surface area contributed by atoms with Crippen LogP contribution in [0.25, 0.3) is 0 Å². The van der Waals surface area contributed by atoms with Gasteiger partial charge in [-0.2, -0.15) is 11.8 Å². The van der Waals surface area contributed by atoms with E-state index in [1.807, 2.05) is 11.2 Å². The topological polar surface area (TPSA) is 64.8 Å². The summed E-state index contributed by atoms with van der Waals surface area (Å²) in [4.78, 5) is 14.1. The van der Waals surface area contributed by atoms with Crippen molar-refractivity contribution >= 4 is 17.7 Å². The summed E-state index contributed by atoms with van der Waals surface area (Å²) >= 11 is 1.72. The Bertz CT molecular complexity index is 298. The average Bonchev–Trinajstić information content (AvgIpc) is 2.98. The first-order valence-corrected chi connectivity index (χ1v) is 8.38. The predicted molar refractivity (Wildman–Crippen MR) is 76.3 cm³/mol. The van der Waals surface area contributed by atoms with E-state index >= 15 is 0 Å². The van der Waals surface area contributed by atoms with Crippen molar-refractivity contribution in [2.45, 2.75) is 37.5 Å². The third-order valence-electron chi connectivity index (χ3n) is 3.73. The van der Waals surface area contributed by atoms with E-state index in [9.17, 15) is 4.79 Å². The van der Waals surface area contributed by atoms with Gasteiger partial charge in [-0.1, -0.05) is 0 Å². The van der Waals surface area contributed by atoms with Crippen molar-refractivity contribution in [3.8, 4) is 0 Å². The maximum atomic E-state index is 12.3. The standard InChI is InChI=1S/C13H24N2O3S/c1-19-8-4-10(14)13(16)15-5-7-18-12(9-15)11-3-2-6-17-11/h10-12H,2-9,14H2,1H3/t10-,11+,12-/m0/s1. The van der Waals surface area contributed by atoms with Crippen molar-refractivity contribution in [2.75, 3.05) is 38.3 Å². The fraction of sp³-hybridized carbons (Fsp3) is 0.923. The molecule has 2 heterocycles. The monoisotopic (exact) mass is 288 g/mol. The normalized spacial score (nSPS) is 29.5. The quantitative estimate of drug-likeness (QED) is 0.797. The first kappa shape index (κ1) is 15.1. The molecule has 2 aliphatic rings. The molecule has 2 aliphatic heterocycles. The fourth-order valence-corrected chi connectivity index (χ4v) is 3.09. The lowest BCUT2D eigenvalue weighted by Gasteiger charge is -2.36. The van der Waals surface area contributed by atoms with E-state index in [4.69, 9.17) is 15.2 Å².